The Balaban J connectivity index is 2.80. The Hall–Kier alpha value is -1.35. The van der Waals surface area contributed by atoms with Gasteiger partial charge in [0, 0.05) is 18.6 Å². The number of amides is 1. The number of aryl methyl sites for hydroxylation is 1. The van der Waals surface area contributed by atoms with Gasteiger partial charge in [0.1, 0.15) is 5.60 Å². The Kier molecular flexibility index (Phi) is 9.20. The molecule has 1 aromatic rings. The number of carbonyl (C=O) groups is 1. The van der Waals surface area contributed by atoms with Crippen molar-refractivity contribution < 1.29 is 26.9 Å². The summed E-state index contributed by atoms with van der Waals surface area (Å²) in [5.41, 5.74) is 1.29. The molecule has 1 rings (SSSR count). The Labute approximate surface area is 173 Å². The van der Waals surface area contributed by atoms with E-state index in [0.717, 1.165) is 17.4 Å². The van der Waals surface area contributed by atoms with E-state index < -0.39 is 21.8 Å². The predicted octanol–water partition coefficient (Wildman–Crippen LogP) is 3.94. The number of halogens is 1. The Morgan fingerprint density at radius 1 is 1.25 bits per heavy atom. The van der Waals surface area contributed by atoms with Gasteiger partial charge in [0.05, 0.1) is 25.6 Å². The zero-order valence-corrected chi connectivity index (χ0v) is 18.9. The van der Waals surface area contributed by atoms with E-state index in [1.165, 1.54) is 4.90 Å². The van der Waals surface area contributed by atoms with Crippen molar-refractivity contribution in [2.24, 2.45) is 0 Å². The third-order valence-electron chi connectivity index (χ3n) is 3.72. The van der Waals surface area contributed by atoms with Crippen LogP contribution in [0.1, 0.15) is 44.4 Å². The van der Waals surface area contributed by atoms with Crippen LogP contribution in [0, 0.1) is 6.92 Å². The standard InChI is InChI=1S/C19H30ClNO6S/c1-14-7-8-15(20)13-16(14)17(25-11-12-26-28(6,23)24)9-10-21(5)18(22)27-19(2,3)4/h7-8,13,17H,9-12H2,1-6H3. The zero-order valence-electron chi connectivity index (χ0n) is 17.3. The molecular weight excluding hydrogens is 406 g/mol. The van der Waals surface area contributed by atoms with Crippen LogP contribution in [0.5, 0.6) is 0 Å². The zero-order chi connectivity index (χ0) is 21.5. The second-order valence-electron chi connectivity index (χ2n) is 7.58. The fourth-order valence-electron chi connectivity index (χ4n) is 2.40. The molecule has 0 bridgehead atoms. The first-order valence-corrected chi connectivity index (χ1v) is 11.1. The molecule has 0 saturated carbocycles. The summed E-state index contributed by atoms with van der Waals surface area (Å²) < 4.78 is 38.1. The third kappa shape index (κ3) is 9.73. The minimum atomic E-state index is -3.53. The van der Waals surface area contributed by atoms with Crippen molar-refractivity contribution in [1.82, 2.24) is 4.90 Å². The van der Waals surface area contributed by atoms with Crippen LogP contribution in [0.3, 0.4) is 0 Å². The second kappa shape index (κ2) is 10.4. The van der Waals surface area contributed by atoms with E-state index in [-0.39, 0.29) is 19.3 Å². The molecule has 0 aliphatic heterocycles. The van der Waals surface area contributed by atoms with Crippen LogP contribution in [-0.4, -0.2) is 58.1 Å². The molecule has 0 saturated heterocycles. The quantitative estimate of drug-likeness (QED) is 0.431. The van der Waals surface area contributed by atoms with Crippen LogP contribution in [-0.2, 0) is 23.8 Å². The van der Waals surface area contributed by atoms with Crippen LogP contribution in [0.15, 0.2) is 18.2 Å². The summed E-state index contributed by atoms with van der Waals surface area (Å²) >= 11 is 6.12. The summed E-state index contributed by atoms with van der Waals surface area (Å²) in [6.07, 6.45) is 0.665. The molecule has 0 aliphatic carbocycles. The molecule has 28 heavy (non-hydrogen) atoms. The van der Waals surface area contributed by atoms with Gasteiger partial charge in [0.2, 0.25) is 0 Å². The number of carbonyl (C=O) groups excluding carboxylic acids is 1. The first-order valence-electron chi connectivity index (χ1n) is 8.94. The molecule has 9 heteroatoms. The minimum Gasteiger partial charge on any atom is -0.444 e. The molecule has 0 spiro atoms. The highest BCUT2D eigenvalue weighted by atomic mass is 35.5. The molecular formula is C19H30ClNO6S. The summed E-state index contributed by atoms with van der Waals surface area (Å²) in [7, 11) is -1.87. The molecule has 160 valence electrons. The lowest BCUT2D eigenvalue weighted by Crippen LogP contribution is -2.35. The average molecular weight is 436 g/mol. The molecule has 0 radical (unpaired) electrons. The molecule has 1 aromatic carbocycles. The minimum absolute atomic E-state index is 0.0832. The summed E-state index contributed by atoms with van der Waals surface area (Å²) in [5.74, 6) is 0. The fraction of sp³-hybridized carbons (Fsp3) is 0.632. The van der Waals surface area contributed by atoms with Gasteiger partial charge in [-0.2, -0.15) is 8.42 Å². The van der Waals surface area contributed by atoms with Gasteiger partial charge < -0.3 is 14.4 Å². The van der Waals surface area contributed by atoms with E-state index in [4.69, 9.17) is 25.3 Å². The van der Waals surface area contributed by atoms with Crippen LogP contribution in [0.2, 0.25) is 5.02 Å². The summed E-state index contributed by atoms with van der Waals surface area (Å²) in [4.78, 5) is 13.6. The molecule has 0 aromatic heterocycles. The van der Waals surface area contributed by atoms with Crippen molar-refractivity contribution in [1.29, 1.82) is 0 Å². The van der Waals surface area contributed by atoms with Crippen molar-refractivity contribution >= 4 is 27.8 Å². The van der Waals surface area contributed by atoms with Gasteiger partial charge in [-0.1, -0.05) is 17.7 Å². The second-order valence-corrected chi connectivity index (χ2v) is 9.66. The lowest BCUT2D eigenvalue weighted by Gasteiger charge is -2.26. The maximum absolute atomic E-state index is 12.2. The molecule has 1 unspecified atom stereocenters. The summed E-state index contributed by atoms with van der Waals surface area (Å²) in [5, 5.41) is 0.571. The Morgan fingerprint density at radius 3 is 2.46 bits per heavy atom. The smallest absolute Gasteiger partial charge is 0.410 e. The molecule has 0 fully saturated rings. The van der Waals surface area contributed by atoms with Crippen LogP contribution < -0.4 is 0 Å². The predicted molar refractivity (Wildman–Crippen MR) is 109 cm³/mol. The van der Waals surface area contributed by atoms with Crippen molar-refractivity contribution in [3.8, 4) is 0 Å². The van der Waals surface area contributed by atoms with Crippen molar-refractivity contribution in [2.45, 2.75) is 45.8 Å². The highest BCUT2D eigenvalue weighted by Gasteiger charge is 2.22. The molecule has 1 atom stereocenters. The van der Waals surface area contributed by atoms with Crippen molar-refractivity contribution in [3.63, 3.8) is 0 Å². The van der Waals surface area contributed by atoms with Gasteiger partial charge >= 0.3 is 6.09 Å². The lowest BCUT2D eigenvalue weighted by atomic mass is 10.0. The lowest BCUT2D eigenvalue weighted by molar-refractivity contribution is 0.0120. The van der Waals surface area contributed by atoms with Gasteiger partial charge in [0.15, 0.2) is 0 Å². The van der Waals surface area contributed by atoms with Crippen LogP contribution in [0.25, 0.3) is 0 Å². The molecule has 1 amide bonds. The first kappa shape index (κ1) is 24.7. The maximum Gasteiger partial charge on any atom is 0.410 e. The van der Waals surface area contributed by atoms with Crippen LogP contribution >= 0.6 is 11.6 Å². The topological polar surface area (TPSA) is 82.1 Å². The molecule has 0 aliphatic rings. The van der Waals surface area contributed by atoms with Crippen LogP contribution in [0.4, 0.5) is 4.79 Å². The monoisotopic (exact) mass is 435 g/mol. The summed E-state index contributed by atoms with van der Waals surface area (Å²) in [6.45, 7) is 7.74. The van der Waals surface area contributed by atoms with E-state index in [0.29, 0.717) is 18.0 Å². The number of benzene rings is 1. The molecule has 0 N–H and O–H groups in total. The van der Waals surface area contributed by atoms with Gasteiger partial charge in [-0.15, -0.1) is 0 Å². The largest absolute Gasteiger partial charge is 0.444 e. The summed E-state index contributed by atoms with van der Waals surface area (Å²) in [6, 6.07) is 5.49. The highest BCUT2D eigenvalue weighted by molar-refractivity contribution is 7.85. The van der Waals surface area contributed by atoms with E-state index in [1.807, 2.05) is 39.8 Å². The Bertz CT molecular complexity index is 760. The number of nitrogens with zero attached hydrogens (tertiary/aromatic N) is 1. The molecule has 0 heterocycles. The number of rotatable bonds is 9. The van der Waals surface area contributed by atoms with E-state index >= 15 is 0 Å². The number of hydrogen-bond donors (Lipinski definition) is 0. The number of hydrogen-bond acceptors (Lipinski definition) is 6. The average Bonchev–Trinajstić information content (AvgIpc) is 2.53. The number of ether oxygens (including phenoxy) is 2. The van der Waals surface area contributed by atoms with Gasteiger partial charge in [-0.05, 0) is 57.4 Å². The van der Waals surface area contributed by atoms with Gasteiger partial charge in [-0.3, -0.25) is 4.18 Å². The Morgan fingerprint density at radius 2 is 1.89 bits per heavy atom. The normalized spacial score (nSPS) is 13.2. The van der Waals surface area contributed by atoms with E-state index in [9.17, 15) is 13.2 Å². The van der Waals surface area contributed by atoms with Crippen molar-refractivity contribution in [2.75, 3.05) is 33.1 Å². The molecule has 7 nitrogen and oxygen atoms in total. The SMILES string of the molecule is Cc1ccc(Cl)cc1C(CCN(C)C(=O)OC(C)(C)C)OCCOS(C)(=O)=O. The fourth-order valence-corrected chi connectivity index (χ4v) is 2.96. The first-order chi connectivity index (χ1) is 12.8. The van der Waals surface area contributed by atoms with E-state index in [1.54, 1.807) is 13.1 Å². The van der Waals surface area contributed by atoms with E-state index in [2.05, 4.69) is 0 Å². The highest BCUT2D eigenvalue weighted by Crippen LogP contribution is 2.27. The van der Waals surface area contributed by atoms with Gasteiger partial charge in [0.25, 0.3) is 10.1 Å². The van der Waals surface area contributed by atoms with Gasteiger partial charge in [-0.25, -0.2) is 4.79 Å². The maximum atomic E-state index is 12.2. The van der Waals surface area contributed by atoms with Crippen molar-refractivity contribution in [3.05, 3.63) is 34.3 Å². The third-order valence-corrected chi connectivity index (χ3v) is 4.55.